The first-order valence-corrected chi connectivity index (χ1v) is 12.8. The highest BCUT2D eigenvalue weighted by atomic mass is 19.1. The third-order valence-electron chi connectivity index (χ3n) is 6.81. The first kappa shape index (κ1) is 26.7. The van der Waals surface area contributed by atoms with Crippen LogP contribution in [0.2, 0.25) is 0 Å². The Bertz CT molecular complexity index is 871. The summed E-state index contributed by atoms with van der Waals surface area (Å²) in [7, 11) is 0. The van der Waals surface area contributed by atoms with E-state index in [2.05, 4.69) is 15.5 Å². The Balaban J connectivity index is 1.27. The van der Waals surface area contributed by atoms with Crippen LogP contribution in [0.25, 0.3) is 0 Å². The van der Waals surface area contributed by atoms with Crippen LogP contribution in [0, 0.1) is 5.82 Å². The Morgan fingerprint density at radius 1 is 1.14 bits per heavy atom. The summed E-state index contributed by atoms with van der Waals surface area (Å²) in [4.78, 5) is 29.5. The van der Waals surface area contributed by atoms with E-state index in [0.29, 0.717) is 25.1 Å². The molecule has 3 amide bonds. The lowest BCUT2D eigenvalue weighted by molar-refractivity contribution is -0.149. The van der Waals surface area contributed by atoms with Crippen molar-refractivity contribution in [3.8, 4) is 0 Å². The Hall–Kier alpha value is -2.31. The van der Waals surface area contributed by atoms with E-state index in [9.17, 15) is 19.1 Å². The molecule has 0 aromatic heterocycles. The van der Waals surface area contributed by atoms with Crippen molar-refractivity contribution in [2.45, 2.75) is 50.0 Å². The molecule has 200 valence electrons. The lowest BCUT2D eigenvalue weighted by atomic mass is 9.95. The molecule has 4 atom stereocenters. The molecule has 0 bridgehead atoms. The number of urea groups is 1. The number of carbonyl (C=O) groups is 2. The second-order valence-corrected chi connectivity index (χ2v) is 9.59. The molecule has 3 fully saturated rings. The molecule has 0 saturated carbocycles. The molecule has 3 aliphatic heterocycles. The topological polar surface area (TPSA) is 113 Å². The van der Waals surface area contributed by atoms with Crippen LogP contribution in [-0.2, 0) is 19.0 Å². The van der Waals surface area contributed by atoms with Gasteiger partial charge < -0.3 is 34.9 Å². The number of nitrogens with zero attached hydrogens (tertiary/aromatic N) is 2. The van der Waals surface area contributed by atoms with E-state index in [1.807, 2.05) is 0 Å². The maximum atomic E-state index is 13.6. The van der Waals surface area contributed by atoms with Crippen molar-refractivity contribution in [1.82, 2.24) is 15.1 Å². The van der Waals surface area contributed by atoms with Gasteiger partial charge in [0.2, 0.25) is 5.91 Å². The largest absolute Gasteiger partial charge is 0.389 e. The van der Waals surface area contributed by atoms with Gasteiger partial charge in [-0.1, -0.05) is 6.07 Å². The molecule has 10 nitrogen and oxygen atoms in total. The van der Waals surface area contributed by atoms with Gasteiger partial charge in [0.15, 0.2) is 0 Å². The minimum atomic E-state index is -0.842. The Labute approximate surface area is 211 Å². The van der Waals surface area contributed by atoms with Crippen LogP contribution in [0.15, 0.2) is 24.3 Å². The summed E-state index contributed by atoms with van der Waals surface area (Å²) < 4.78 is 30.7. The third kappa shape index (κ3) is 7.84. The van der Waals surface area contributed by atoms with Crippen molar-refractivity contribution in [2.75, 3.05) is 64.5 Å². The molecule has 4 rings (SSSR count). The number of aliphatic hydroxyl groups excluding tert-OH is 1. The summed E-state index contributed by atoms with van der Waals surface area (Å²) in [6.45, 7) is 5.30. The number of amides is 3. The van der Waals surface area contributed by atoms with Gasteiger partial charge in [0, 0.05) is 25.3 Å². The number of aliphatic hydroxyl groups is 1. The highest BCUT2D eigenvalue weighted by molar-refractivity contribution is 5.89. The van der Waals surface area contributed by atoms with Gasteiger partial charge in [0.1, 0.15) is 11.9 Å². The van der Waals surface area contributed by atoms with Crippen LogP contribution in [0.5, 0.6) is 0 Å². The van der Waals surface area contributed by atoms with Gasteiger partial charge in [-0.25, -0.2) is 9.18 Å². The number of fused-ring (bicyclic) bond motifs is 1. The Kier molecular flexibility index (Phi) is 9.88. The smallest absolute Gasteiger partial charge is 0.322 e. The Morgan fingerprint density at radius 3 is 2.78 bits per heavy atom. The quantitative estimate of drug-likeness (QED) is 0.475. The van der Waals surface area contributed by atoms with E-state index >= 15 is 0 Å². The predicted octanol–water partition coefficient (Wildman–Crippen LogP) is 1.20. The fourth-order valence-corrected chi connectivity index (χ4v) is 4.97. The minimum Gasteiger partial charge on any atom is -0.389 e. The number of ether oxygens (including phenoxy) is 3. The van der Waals surface area contributed by atoms with Crippen LogP contribution in [0.1, 0.15) is 25.7 Å². The number of hydrogen-bond donors (Lipinski definition) is 3. The summed E-state index contributed by atoms with van der Waals surface area (Å²) >= 11 is 0. The molecule has 1 aromatic carbocycles. The van der Waals surface area contributed by atoms with E-state index in [-0.39, 0.29) is 44.2 Å². The van der Waals surface area contributed by atoms with E-state index in [1.165, 1.54) is 18.2 Å². The molecular weight excluding hydrogens is 471 g/mol. The molecular formula is C25H37FN4O6. The second-order valence-electron chi connectivity index (χ2n) is 9.59. The van der Waals surface area contributed by atoms with Gasteiger partial charge >= 0.3 is 6.03 Å². The van der Waals surface area contributed by atoms with Crippen molar-refractivity contribution in [2.24, 2.45) is 0 Å². The summed E-state index contributed by atoms with van der Waals surface area (Å²) in [6.07, 6.45) is 0.793. The Morgan fingerprint density at radius 2 is 1.97 bits per heavy atom. The van der Waals surface area contributed by atoms with Crippen molar-refractivity contribution in [3.63, 3.8) is 0 Å². The minimum absolute atomic E-state index is 0.0525. The highest BCUT2D eigenvalue weighted by Gasteiger charge is 2.40. The molecule has 0 spiro atoms. The van der Waals surface area contributed by atoms with Crippen molar-refractivity contribution < 1.29 is 33.3 Å². The molecule has 3 aliphatic rings. The number of anilines is 1. The summed E-state index contributed by atoms with van der Waals surface area (Å²) in [5.41, 5.74) is 0.337. The highest BCUT2D eigenvalue weighted by Crippen LogP contribution is 2.28. The fraction of sp³-hybridized carbons (Fsp3) is 0.680. The molecule has 0 aliphatic carbocycles. The number of nitrogens with one attached hydrogen (secondary N) is 2. The maximum Gasteiger partial charge on any atom is 0.322 e. The average molecular weight is 509 g/mol. The number of rotatable bonds is 7. The molecule has 11 heteroatoms. The normalized spacial score (nSPS) is 27.4. The second kappa shape index (κ2) is 13.3. The van der Waals surface area contributed by atoms with Crippen LogP contribution in [0.4, 0.5) is 14.9 Å². The van der Waals surface area contributed by atoms with Gasteiger partial charge in [0.05, 0.1) is 57.6 Å². The molecule has 3 heterocycles. The molecule has 3 saturated heterocycles. The van der Waals surface area contributed by atoms with Crippen LogP contribution in [0.3, 0.4) is 0 Å². The molecule has 36 heavy (non-hydrogen) atoms. The lowest BCUT2D eigenvalue weighted by Gasteiger charge is -2.44. The van der Waals surface area contributed by atoms with Crippen molar-refractivity contribution >= 4 is 17.6 Å². The number of carbonyl (C=O) groups excluding carboxylic acids is 2. The molecule has 0 unspecified atom stereocenters. The summed E-state index contributed by atoms with van der Waals surface area (Å²) in [5.74, 6) is -0.502. The molecule has 1 aromatic rings. The lowest BCUT2D eigenvalue weighted by Crippen LogP contribution is -2.58. The van der Waals surface area contributed by atoms with Crippen molar-refractivity contribution in [1.29, 1.82) is 0 Å². The zero-order valence-corrected chi connectivity index (χ0v) is 20.6. The zero-order valence-electron chi connectivity index (χ0n) is 20.6. The van der Waals surface area contributed by atoms with E-state index in [1.54, 1.807) is 11.0 Å². The molecule has 3 N–H and O–H groups in total. The van der Waals surface area contributed by atoms with Crippen LogP contribution in [-0.4, -0.2) is 110 Å². The van der Waals surface area contributed by atoms with Gasteiger partial charge in [-0.2, -0.15) is 0 Å². The fourth-order valence-electron chi connectivity index (χ4n) is 4.97. The van der Waals surface area contributed by atoms with Gasteiger partial charge in [0.25, 0.3) is 0 Å². The van der Waals surface area contributed by atoms with E-state index in [4.69, 9.17) is 14.2 Å². The summed E-state index contributed by atoms with van der Waals surface area (Å²) in [5, 5.41) is 16.0. The summed E-state index contributed by atoms with van der Waals surface area (Å²) in [6, 6.07) is 4.91. The third-order valence-corrected chi connectivity index (χ3v) is 6.81. The average Bonchev–Trinajstić information content (AvgIpc) is 2.85. The number of benzene rings is 1. The monoisotopic (exact) mass is 508 g/mol. The van der Waals surface area contributed by atoms with Gasteiger partial charge in [-0.05, 0) is 44.0 Å². The first-order chi connectivity index (χ1) is 17.5. The van der Waals surface area contributed by atoms with E-state index < -0.39 is 24.1 Å². The van der Waals surface area contributed by atoms with Crippen LogP contribution >= 0.6 is 0 Å². The first-order valence-electron chi connectivity index (χ1n) is 12.8. The van der Waals surface area contributed by atoms with Gasteiger partial charge in [-0.15, -0.1) is 0 Å². The standard InChI is InChI=1S/C25H37FN4O6/c26-18-3-1-4-19(13-18)28-25(33)30-15-20(31)16-35-17-23-22(30)6-5-21(36-23)14-24(32)27-7-2-8-29-9-11-34-12-10-29/h1,3-4,13,20-23,31H,2,5-12,14-17H2,(H,27,32)(H,28,33)/t20-,21-,22-,23+/m1/s1. The maximum absolute atomic E-state index is 13.6. The number of hydrogen-bond acceptors (Lipinski definition) is 7. The van der Waals surface area contributed by atoms with Gasteiger partial charge in [-0.3, -0.25) is 9.69 Å². The molecule has 0 radical (unpaired) electrons. The number of morpholine rings is 1. The number of β-amino-alcohol motifs (C(OH)–C–C–N with tert-alkyl or cyclic N) is 1. The van der Waals surface area contributed by atoms with Crippen LogP contribution < -0.4 is 10.6 Å². The van der Waals surface area contributed by atoms with E-state index in [0.717, 1.165) is 39.3 Å². The van der Waals surface area contributed by atoms with Crippen molar-refractivity contribution in [3.05, 3.63) is 30.1 Å². The predicted molar refractivity (Wildman–Crippen MR) is 130 cm³/mol. The SMILES string of the molecule is O=C(C[C@H]1CC[C@@H]2[C@H](COC[C@H](O)CN2C(=O)Nc2cccc(F)c2)O1)NCCCN1CCOCC1. The number of halogens is 1. The zero-order chi connectivity index (χ0) is 25.3.